The molecule has 0 spiro atoms. The molecular weight excluding hydrogens is 384 g/mol. The number of para-hydroxylation sites is 1. The van der Waals surface area contributed by atoms with Gasteiger partial charge in [-0.15, -0.1) is 0 Å². The summed E-state index contributed by atoms with van der Waals surface area (Å²) in [6.07, 6.45) is 2.87. The Kier molecular flexibility index (Phi) is 5.10. The van der Waals surface area contributed by atoms with E-state index in [4.69, 9.17) is 5.73 Å². The lowest BCUT2D eigenvalue weighted by Gasteiger charge is -2.18. The molecule has 4 aromatic rings. The Morgan fingerprint density at radius 3 is 2.74 bits per heavy atom. The molecule has 5 nitrogen and oxygen atoms in total. The molecule has 0 saturated heterocycles. The Morgan fingerprint density at radius 2 is 1.84 bits per heavy atom. The molecule has 5 heteroatoms. The van der Waals surface area contributed by atoms with Gasteiger partial charge in [0.05, 0.1) is 11.1 Å². The van der Waals surface area contributed by atoms with Crippen molar-refractivity contribution >= 4 is 22.5 Å². The summed E-state index contributed by atoms with van der Waals surface area (Å²) in [7, 11) is 0. The summed E-state index contributed by atoms with van der Waals surface area (Å²) in [6, 6.07) is 22.4. The van der Waals surface area contributed by atoms with Crippen molar-refractivity contribution in [2.75, 3.05) is 11.9 Å². The quantitative estimate of drug-likeness (QED) is 0.461. The van der Waals surface area contributed by atoms with Crippen LogP contribution in [0.2, 0.25) is 0 Å². The summed E-state index contributed by atoms with van der Waals surface area (Å²) < 4.78 is 0. The molecular formula is C26H24N4O. The molecule has 0 saturated carbocycles. The first-order valence-electron chi connectivity index (χ1n) is 10.5. The fraction of sp³-hybridized carbons (Fsp3) is 0.154. The van der Waals surface area contributed by atoms with E-state index in [-0.39, 0.29) is 0 Å². The van der Waals surface area contributed by atoms with Gasteiger partial charge in [-0.3, -0.25) is 9.78 Å². The summed E-state index contributed by atoms with van der Waals surface area (Å²) in [6.45, 7) is 2.49. The van der Waals surface area contributed by atoms with Crippen molar-refractivity contribution in [3.8, 4) is 11.1 Å². The number of primary amides is 1. The fourth-order valence-corrected chi connectivity index (χ4v) is 4.24. The van der Waals surface area contributed by atoms with E-state index in [2.05, 4.69) is 39.9 Å². The molecule has 0 aliphatic carbocycles. The van der Waals surface area contributed by atoms with Crippen molar-refractivity contribution in [3.63, 3.8) is 0 Å². The zero-order valence-corrected chi connectivity index (χ0v) is 17.2. The van der Waals surface area contributed by atoms with Crippen LogP contribution in [-0.4, -0.2) is 17.4 Å². The van der Waals surface area contributed by atoms with E-state index in [1.165, 1.54) is 11.1 Å². The molecule has 1 aromatic heterocycles. The first-order valence-corrected chi connectivity index (χ1v) is 10.5. The number of anilines is 1. The average Bonchev–Trinajstić information content (AvgIpc) is 2.82. The number of nitrogens with zero attached hydrogens (tertiary/aromatic N) is 1. The van der Waals surface area contributed by atoms with Crippen LogP contribution < -0.4 is 16.4 Å². The maximum absolute atomic E-state index is 12.0. The largest absolute Gasteiger partial charge is 0.380 e. The molecule has 0 unspecified atom stereocenters. The monoisotopic (exact) mass is 408 g/mol. The molecule has 5 rings (SSSR count). The Bertz CT molecular complexity index is 1280. The number of carbonyl (C=O) groups excluding carboxylic acids is 1. The number of amides is 1. The summed E-state index contributed by atoms with van der Waals surface area (Å²) in [5, 5.41) is 7.96. The predicted molar refractivity (Wildman–Crippen MR) is 125 cm³/mol. The van der Waals surface area contributed by atoms with Crippen LogP contribution in [-0.2, 0) is 19.5 Å². The number of nitrogens with two attached hydrogens (primary N) is 1. The summed E-state index contributed by atoms with van der Waals surface area (Å²) >= 11 is 0. The number of rotatable bonds is 5. The van der Waals surface area contributed by atoms with Gasteiger partial charge in [-0.1, -0.05) is 36.4 Å². The van der Waals surface area contributed by atoms with Crippen LogP contribution in [0.15, 0.2) is 72.9 Å². The molecule has 1 amide bonds. The molecule has 0 bridgehead atoms. The Labute approximate surface area is 181 Å². The zero-order chi connectivity index (χ0) is 21.2. The summed E-state index contributed by atoms with van der Waals surface area (Å²) in [5.74, 6) is -0.441. The highest BCUT2D eigenvalue weighted by molar-refractivity contribution is 5.99. The van der Waals surface area contributed by atoms with Gasteiger partial charge in [0.1, 0.15) is 0 Å². The van der Waals surface area contributed by atoms with Crippen LogP contribution in [0.1, 0.15) is 27.0 Å². The van der Waals surface area contributed by atoms with Crippen LogP contribution >= 0.6 is 0 Å². The zero-order valence-electron chi connectivity index (χ0n) is 17.2. The molecule has 1 aliphatic heterocycles. The van der Waals surface area contributed by atoms with E-state index >= 15 is 0 Å². The van der Waals surface area contributed by atoms with E-state index in [0.717, 1.165) is 52.8 Å². The maximum atomic E-state index is 12.0. The van der Waals surface area contributed by atoms with Crippen molar-refractivity contribution in [2.45, 2.75) is 19.5 Å². The van der Waals surface area contributed by atoms with E-state index < -0.39 is 5.91 Å². The number of benzene rings is 3. The van der Waals surface area contributed by atoms with Crippen molar-refractivity contribution in [2.24, 2.45) is 5.73 Å². The van der Waals surface area contributed by atoms with Gasteiger partial charge in [0.25, 0.3) is 5.91 Å². The SMILES string of the molecule is NC(=O)c1ccc(-c2ccc3c(c2)CNCC3)cc1NCc1ccnc2ccccc12. The topological polar surface area (TPSA) is 80.0 Å². The van der Waals surface area contributed by atoms with Crippen LogP contribution in [0.5, 0.6) is 0 Å². The van der Waals surface area contributed by atoms with Crippen molar-refractivity contribution in [3.05, 3.63) is 95.2 Å². The lowest BCUT2D eigenvalue weighted by molar-refractivity contribution is 0.100. The third-order valence-corrected chi connectivity index (χ3v) is 5.92. The minimum atomic E-state index is -0.441. The standard InChI is InChI=1S/C26H24N4O/c27-26(31)23-8-7-19(18-6-5-17-9-11-28-15-21(17)13-18)14-25(23)30-16-20-10-12-29-24-4-2-1-3-22(20)24/h1-8,10,12-14,28,30H,9,11,15-16H2,(H2,27,31). The van der Waals surface area contributed by atoms with Crippen LogP contribution in [0.3, 0.4) is 0 Å². The second-order valence-corrected chi connectivity index (χ2v) is 7.88. The van der Waals surface area contributed by atoms with Crippen LogP contribution in [0.4, 0.5) is 5.69 Å². The normalized spacial score (nSPS) is 13.0. The van der Waals surface area contributed by atoms with Crippen LogP contribution in [0.25, 0.3) is 22.0 Å². The number of pyridine rings is 1. The predicted octanol–water partition coefficient (Wildman–Crippen LogP) is 4.26. The van der Waals surface area contributed by atoms with Crippen LogP contribution in [0, 0.1) is 0 Å². The van der Waals surface area contributed by atoms with E-state index in [9.17, 15) is 4.79 Å². The number of hydrogen-bond acceptors (Lipinski definition) is 4. The molecule has 4 N–H and O–H groups in total. The Balaban J connectivity index is 1.48. The fourth-order valence-electron chi connectivity index (χ4n) is 4.24. The number of nitrogens with one attached hydrogen (secondary N) is 2. The van der Waals surface area contributed by atoms with Gasteiger partial charge in [-0.05, 0) is 71.1 Å². The number of fused-ring (bicyclic) bond motifs is 2. The lowest BCUT2D eigenvalue weighted by Crippen LogP contribution is -2.23. The Morgan fingerprint density at radius 1 is 1.00 bits per heavy atom. The maximum Gasteiger partial charge on any atom is 0.250 e. The highest BCUT2D eigenvalue weighted by atomic mass is 16.1. The van der Waals surface area contributed by atoms with Gasteiger partial charge in [-0.25, -0.2) is 0 Å². The van der Waals surface area contributed by atoms with E-state index in [0.29, 0.717) is 12.1 Å². The second-order valence-electron chi connectivity index (χ2n) is 7.88. The average molecular weight is 409 g/mol. The highest BCUT2D eigenvalue weighted by Gasteiger charge is 2.13. The lowest BCUT2D eigenvalue weighted by atomic mass is 9.94. The molecule has 3 aromatic carbocycles. The number of hydrogen-bond donors (Lipinski definition) is 3. The molecule has 0 atom stereocenters. The third kappa shape index (κ3) is 3.88. The molecule has 0 radical (unpaired) electrons. The minimum absolute atomic E-state index is 0.441. The van der Waals surface area contributed by atoms with Gasteiger partial charge in [0.15, 0.2) is 0 Å². The van der Waals surface area contributed by atoms with Gasteiger partial charge in [0.2, 0.25) is 0 Å². The van der Waals surface area contributed by atoms with Crippen molar-refractivity contribution < 1.29 is 4.79 Å². The first-order chi connectivity index (χ1) is 15.2. The highest BCUT2D eigenvalue weighted by Crippen LogP contribution is 2.29. The van der Waals surface area contributed by atoms with Gasteiger partial charge >= 0.3 is 0 Å². The van der Waals surface area contributed by atoms with Gasteiger partial charge < -0.3 is 16.4 Å². The molecule has 1 aliphatic rings. The van der Waals surface area contributed by atoms with Crippen molar-refractivity contribution in [1.82, 2.24) is 10.3 Å². The first kappa shape index (κ1) is 19.3. The summed E-state index contributed by atoms with van der Waals surface area (Å²) in [5.41, 5.74) is 13.9. The van der Waals surface area contributed by atoms with Gasteiger partial charge in [-0.2, -0.15) is 0 Å². The third-order valence-electron chi connectivity index (χ3n) is 5.92. The number of aromatic nitrogens is 1. The number of carbonyl (C=O) groups is 1. The molecule has 154 valence electrons. The molecule has 0 fully saturated rings. The second kappa shape index (κ2) is 8.20. The molecule has 31 heavy (non-hydrogen) atoms. The van der Waals surface area contributed by atoms with E-state index in [1.54, 1.807) is 0 Å². The van der Waals surface area contributed by atoms with Crippen molar-refractivity contribution in [1.29, 1.82) is 0 Å². The molecule has 2 heterocycles. The Hall–Kier alpha value is -3.70. The smallest absolute Gasteiger partial charge is 0.250 e. The minimum Gasteiger partial charge on any atom is -0.380 e. The summed E-state index contributed by atoms with van der Waals surface area (Å²) in [4.78, 5) is 16.5. The van der Waals surface area contributed by atoms with Gasteiger partial charge in [0, 0.05) is 30.4 Å². The van der Waals surface area contributed by atoms with E-state index in [1.807, 2.05) is 48.7 Å².